The standard InChI is InChI=1S/C14H26N2O2/c1-10(2)16-7-5-12(9-16)11-4-6-15-14(3,8-11)13(17)18/h10-12,15H,4-9H2,1-3H3,(H,17,18). The van der Waals surface area contributed by atoms with Crippen molar-refractivity contribution in [2.24, 2.45) is 11.8 Å². The molecule has 0 bridgehead atoms. The third-order valence-corrected chi connectivity index (χ3v) is 4.83. The van der Waals surface area contributed by atoms with Gasteiger partial charge >= 0.3 is 5.97 Å². The van der Waals surface area contributed by atoms with Gasteiger partial charge in [-0.15, -0.1) is 0 Å². The van der Waals surface area contributed by atoms with Crippen molar-refractivity contribution in [2.75, 3.05) is 19.6 Å². The Balaban J connectivity index is 1.96. The molecule has 3 unspecified atom stereocenters. The van der Waals surface area contributed by atoms with Crippen molar-refractivity contribution in [1.29, 1.82) is 0 Å². The predicted octanol–water partition coefficient (Wildman–Crippen LogP) is 1.56. The molecule has 2 aliphatic heterocycles. The average Bonchev–Trinajstić information content (AvgIpc) is 2.78. The number of nitrogens with zero attached hydrogens (tertiary/aromatic N) is 1. The molecule has 2 fully saturated rings. The normalized spacial score (nSPS) is 38.2. The molecule has 2 N–H and O–H groups in total. The van der Waals surface area contributed by atoms with E-state index in [2.05, 4.69) is 24.1 Å². The summed E-state index contributed by atoms with van der Waals surface area (Å²) in [6.07, 6.45) is 3.14. The van der Waals surface area contributed by atoms with Gasteiger partial charge in [0.25, 0.3) is 0 Å². The fraction of sp³-hybridized carbons (Fsp3) is 0.929. The summed E-state index contributed by atoms with van der Waals surface area (Å²) in [6.45, 7) is 9.48. The Kier molecular flexibility index (Phi) is 3.97. The molecule has 2 rings (SSSR count). The molecule has 2 saturated heterocycles. The zero-order valence-corrected chi connectivity index (χ0v) is 11.8. The summed E-state index contributed by atoms with van der Waals surface area (Å²) >= 11 is 0. The molecule has 4 nitrogen and oxygen atoms in total. The molecule has 0 radical (unpaired) electrons. The molecule has 3 atom stereocenters. The summed E-state index contributed by atoms with van der Waals surface area (Å²) in [5.74, 6) is 0.551. The van der Waals surface area contributed by atoms with Crippen LogP contribution in [-0.4, -0.2) is 47.2 Å². The van der Waals surface area contributed by atoms with Crippen molar-refractivity contribution in [3.63, 3.8) is 0 Å². The van der Waals surface area contributed by atoms with Gasteiger partial charge in [0.1, 0.15) is 5.54 Å². The fourth-order valence-corrected chi connectivity index (χ4v) is 3.47. The van der Waals surface area contributed by atoms with Gasteiger partial charge in [-0.05, 0) is 65.0 Å². The molecule has 104 valence electrons. The number of aliphatic carboxylic acids is 1. The van der Waals surface area contributed by atoms with E-state index in [0.29, 0.717) is 17.9 Å². The molecule has 0 saturated carbocycles. The Hall–Kier alpha value is -0.610. The van der Waals surface area contributed by atoms with Crippen LogP contribution in [0.1, 0.15) is 40.0 Å². The van der Waals surface area contributed by atoms with E-state index in [-0.39, 0.29) is 0 Å². The third-order valence-electron chi connectivity index (χ3n) is 4.83. The van der Waals surface area contributed by atoms with Gasteiger partial charge in [-0.3, -0.25) is 4.79 Å². The van der Waals surface area contributed by atoms with Crippen molar-refractivity contribution in [3.8, 4) is 0 Å². The molecule has 4 heteroatoms. The van der Waals surface area contributed by atoms with Crippen molar-refractivity contribution in [1.82, 2.24) is 10.2 Å². The Labute approximate surface area is 110 Å². The summed E-state index contributed by atoms with van der Waals surface area (Å²) in [7, 11) is 0. The predicted molar refractivity (Wildman–Crippen MR) is 71.6 cm³/mol. The van der Waals surface area contributed by atoms with Crippen LogP contribution in [-0.2, 0) is 4.79 Å². The fourth-order valence-electron chi connectivity index (χ4n) is 3.47. The Morgan fingerprint density at radius 1 is 1.39 bits per heavy atom. The lowest BCUT2D eigenvalue weighted by molar-refractivity contribution is -0.146. The van der Waals surface area contributed by atoms with E-state index < -0.39 is 11.5 Å². The number of carboxylic acids is 1. The highest BCUT2D eigenvalue weighted by Crippen LogP contribution is 2.35. The lowest BCUT2D eigenvalue weighted by atomic mass is 9.76. The van der Waals surface area contributed by atoms with E-state index >= 15 is 0 Å². The minimum absolute atomic E-state index is 0.566. The van der Waals surface area contributed by atoms with Crippen LogP contribution in [0.15, 0.2) is 0 Å². The number of likely N-dealkylation sites (tertiary alicyclic amines) is 1. The van der Waals surface area contributed by atoms with Gasteiger partial charge in [0, 0.05) is 12.6 Å². The summed E-state index contributed by atoms with van der Waals surface area (Å²) < 4.78 is 0. The molecule has 18 heavy (non-hydrogen) atoms. The molecule has 0 aliphatic carbocycles. The SMILES string of the molecule is CC(C)N1CCC(C2CCNC(C)(C(=O)O)C2)C1. The molecular formula is C14H26N2O2. The highest BCUT2D eigenvalue weighted by Gasteiger charge is 2.42. The zero-order chi connectivity index (χ0) is 13.3. The molecule has 0 amide bonds. The summed E-state index contributed by atoms with van der Waals surface area (Å²) in [5.41, 5.74) is -0.714. The van der Waals surface area contributed by atoms with Crippen LogP contribution in [0.3, 0.4) is 0 Å². The molecule has 0 aromatic carbocycles. The Morgan fingerprint density at radius 3 is 2.67 bits per heavy atom. The number of rotatable bonds is 3. The van der Waals surface area contributed by atoms with Crippen LogP contribution in [0.4, 0.5) is 0 Å². The molecule has 0 spiro atoms. The number of hydrogen-bond acceptors (Lipinski definition) is 3. The molecule has 0 aromatic heterocycles. The first-order valence-corrected chi connectivity index (χ1v) is 7.15. The quantitative estimate of drug-likeness (QED) is 0.802. The van der Waals surface area contributed by atoms with Crippen LogP contribution in [0.5, 0.6) is 0 Å². The van der Waals surface area contributed by atoms with Crippen LogP contribution in [0, 0.1) is 11.8 Å². The van der Waals surface area contributed by atoms with Crippen molar-refractivity contribution in [3.05, 3.63) is 0 Å². The van der Waals surface area contributed by atoms with Gasteiger partial charge in [-0.25, -0.2) is 0 Å². The lowest BCUT2D eigenvalue weighted by Gasteiger charge is -2.38. The van der Waals surface area contributed by atoms with Crippen LogP contribution in [0.2, 0.25) is 0 Å². The molecule has 2 heterocycles. The van der Waals surface area contributed by atoms with E-state index in [1.807, 2.05) is 6.92 Å². The Bertz CT molecular complexity index is 319. The Morgan fingerprint density at radius 2 is 2.11 bits per heavy atom. The van der Waals surface area contributed by atoms with Crippen LogP contribution in [0.25, 0.3) is 0 Å². The first-order chi connectivity index (χ1) is 8.42. The first-order valence-electron chi connectivity index (χ1n) is 7.15. The van der Waals surface area contributed by atoms with Gasteiger partial charge in [0.2, 0.25) is 0 Å². The van der Waals surface area contributed by atoms with Crippen LogP contribution < -0.4 is 5.32 Å². The second kappa shape index (κ2) is 5.17. The van der Waals surface area contributed by atoms with Gasteiger partial charge in [-0.1, -0.05) is 0 Å². The minimum Gasteiger partial charge on any atom is -0.480 e. The van der Waals surface area contributed by atoms with Crippen molar-refractivity contribution in [2.45, 2.75) is 51.6 Å². The molecular weight excluding hydrogens is 228 g/mol. The monoisotopic (exact) mass is 254 g/mol. The van der Waals surface area contributed by atoms with Crippen molar-refractivity contribution < 1.29 is 9.90 Å². The van der Waals surface area contributed by atoms with Crippen LogP contribution >= 0.6 is 0 Å². The number of nitrogens with one attached hydrogen (secondary N) is 1. The second-order valence-corrected chi connectivity index (χ2v) is 6.45. The van der Waals surface area contributed by atoms with E-state index in [0.717, 1.165) is 25.9 Å². The number of carbonyl (C=O) groups is 1. The molecule has 2 aliphatic rings. The highest BCUT2D eigenvalue weighted by molar-refractivity contribution is 5.78. The van der Waals surface area contributed by atoms with Gasteiger partial charge in [0.05, 0.1) is 0 Å². The second-order valence-electron chi connectivity index (χ2n) is 6.45. The zero-order valence-electron chi connectivity index (χ0n) is 11.8. The number of piperidine rings is 1. The van der Waals surface area contributed by atoms with E-state index in [4.69, 9.17) is 0 Å². The highest BCUT2D eigenvalue weighted by atomic mass is 16.4. The minimum atomic E-state index is -0.714. The smallest absolute Gasteiger partial charge is 0.323 e. The average molecular weight is 254 g/mol. The largest absolute Gasteiger partial charge is 0.480 e. The van der Waals surface area contributed by atoms with Gasteiger partial charge in [0.15, 0.2) is 0 Å². The maximum absolute atomic E-state index is 11.3. The maximum atomic E-state index is 11.3. The maximum Gasteiger partial charge on any atom is 0.323 e. The summed E-state index contributed by atoms with van der Waals surface area (Å²) in [6, 6.07) is 0.613. The summed E-state index contributed by atoms with van der Waals surface area (Å²) in [5, 5.41) is 12.5. The lowest BCUT2D eigenvalue weighted by Crippen LogP contribution is -2.55. The number of carboxylic acid groups (broad SMARTS) is 1. The van der Waals surface area contributed by atoms with Gasteiger partial charge < -0.3 is 15.3 Å². The topological polar surface area (TPSA) is 52.6 Å². The van der Waals surface area contributed by atoms with E-state index in [1.165, 1.54) is 13.0 Å². The van der Waals surface area contributed by atoms with E-state index in [9.17, 15) is 9.90 Å². The van der Waals surface area contributed by atoms with Crippen molar-refractivity contribution >= 4 is 5.97 Å². The van der Waals surface area contributed by atoms with E-state index in [1.54, 1.807) is 0 Å². The van der Waals surface area contributed by atoms with Gasteiger partial charge in [-0.2, -0.15) is 0 Å². The summed E-state index contributed by atoms with van der Waals surface area (Å²) in [4.78, 5) is 13.9. The third kappa shape index (κ3) is 2.69. The molecule has 0 aromatic rings. The first kappa shape index (κ1) is 13.8. The number of hydrogen-bond donors (Lipinski definition) is 2.